The Morgan fingerprint density at radius 2 is 2.11 bits per heavy atom. The molecule has 0 bridgehead atoms. The molecule has 0 spiro atoms. The van der Waals surface area contributed by atoms with Crippen LogP contribution in [-0.2, 0) is 4.79 Å². The largest absolute Gasteiger partial charge is 0.480 e. The Morgan fingerprint density at radius 1 is 1.39 bits per heavy atom. The fraction of sp³-hybridized carbons (Fsp3) is 0.846. The average molecular weight is 256 g/mol. The number of nitrogens with one attached hydrogen (secondary N) is 1. The topological polar surface area (TPSA) is 69.6 Å². The van der Waals surface area contributed by atoms with E-state index in [0.717, 1.165) is 38.6 Å². The van der Waals surface area contributed by atoms with Crippen molar-refractivity contribution < 1.29 is 14.7 Å². The number of likely N-dealkylation sites (tertiary alicyclic amines) is 1. The summed E-state index contributed by atoms with van der Waals surface area (Å²) in [6, 6.07) is -0.799. The number of amides is 2. The molecule has 0 aliphatic carbocycles. The molecule has 2 unspecified atom stereocenters. The second kappa shape index (κ2) is 7.24. The maximum absolute atomic E-state index is 12.1. The third-order valence-corrected chi connectivity index (χ3v) is 3.49. The molecule has 0 aromatic heterocycles. The first kappa shape index (κ1) is 14.8. The zero-order valence-electron chi connectivity index (χ0n) is 11.3. The van der Waals surface area contributed by atoms with Gasteiger partial charge < -0.3 is 15.3 Å². The second-order valence-electron chi connectivity index (χ2n) is 5.02. The second-order valence-corrected chi connectivity index (χ2v) is 5.02. The molecule has 2 amide bonds. The van der Waals surface area contributed by atoms with E-state index in [4.69, 9.17) is 5.11 Å². The smallest absolute Gasteiger partial charge is 0.326 e. The number of hydrogen-bond donors (Lipinski definition) is 2. The summed E-state index contributed by atoms with van der Waals surface area (Å²) in [4.78, 5) is 24.9. The lowest BCUT2D eigenvalue weighted by Gasteiger charge is -2.28. The molecular weight excluding hydrogens is 232 g/mol. The van der Waals surface area contributed by atoms with Crippen molar-refractivity contribution in [2.45, 2.75) is 64.5 Å². The van der Waals surface area contributed by atoms with Gasteiger partial charge in [0, 0.05) is 12.6 Å². The standard InChI is InChI=1S/C13H24N2O3/c1-3-7-11(12(16)17)14-13(18)15-9-6-4-5-8-10(15)2/h10-11H,3-9H2,1-2H3,(H,14,18)(H,16,17). The van der Waals surface area contributed by atoms with E-state index in [-0.39, 0.29) is 12.1 Å². The van der Waals surface area contributed by atoms with Crippen molar-refractivity contribution in [2.75, 3.05) is 6.54 Å². The fourth-order valence-corrected chi connectivity index (χ4v) is 2.35. The molecule has 1 rings (SSSR count). The van der Waals surface area contributed by atoms with E-state index in [2.05, 4.69) is 5.32 Å². The molecule has 5 heteroatoms. The monoisotopic (exact) mass is 256 g/mol. The van der Waals surface area contributed by atoms with Gasteiger partial charge in [0.2, 0.25) is 0 Å². The number of aliphatic carboxylic acids is 1. The Kier molecular flexibility index (Phi) is 5.95. The van der Waals surface area contributed by atoms with Gasteiger partial charge in [0.25, 0.3) is 0 Å². The molecule has 0 aromatic carbocycles. The van der Waals surface area contributed by atoms with Crippen LogP contribution in [0, 0.1) is 0 Å². The van der Waals surface area contributed by atoms with Crippen LogP contribution in [0.5, 0.6) is 0 Å². The third-order valence-electron chi connectivity index (χ3n) is 3.49. The van der Waals surface area contributed by atoms with E-state index in [9.17, 15) is 9.59 Å². The van der Waals surface area contributed by atoms with Gasteiger partial charge in [-0.2, -0.15) is 0 Å². The molecule has 1 aliphatic heterocycles. The molecule has 0 aromatic rings. The van der Waals surface area contributed by atoms with Crippen molar-refractivity contribution in [2.24, 2.45) is 0 Å². The van der Waals surface area contributed by atoms with E-state index < -0.39 is 12.0 Å². The summed E-state index contributed by atoms with van der Waals surface area (Å²) in [5.41, 5.74) is 0. The van der Waals surface area contributed by atoms with Gasteiger partial charge in [-0.25, -0.2) is 9.59 Å². The molecule has 2 atom stereocenters. The minimum absolute atomic E-state index is 0.198. The number of rotatable bonds is 4. The summed E-state index contributed by atoms with van der Waals surface area (Å²) in [7, 11) is 0. The predicted octanol–water partition coefficient (Wildman–Crippen LogP) is 2.21. The summed E-state index contributed by atoms with van der Waals surface area (Å²) in [6.07, 6.45) is 5.51. The van der Waals surface area contributed by atoms with Gasteiger partial charge in [-0.15, -0.1) is 0 Å². The summed E-state index contributed by atoms with van der Waals surface area (Å²) >= 11 is 0. The number of nitrogens with zero attached hydrogens (tertiary/aromatic N) is 1. The van der Waals surface area contributed by atoms with Crippen LogP contribution < -0.4 is 5.32 Å². The summed E-state index contributed by atoms with van der Waals surface area (Å²) < 4.78 is 0. The van der Waals surface area contributed by atoms with Crippen LogP contribution in [0.2, 0.25) is 0 Å². The molecule has 1 aliphatic rings. The molecule has 0 saturated carbocycles. The number of carbonyl (C=O) groups excluding carboxylic acids is 1. The highest BCUT2D eigenvalue weighted by atomic mass is 16.4. The Bertz CT molecular complexity index is 294. The summed E-state index contributed by atoms with van der Waals surface area (Å²) in [5, 5.41) is 11.7. The average Bonchev–Trinajstić information content (AvgIpc) is 2.53. The lowest BCUT2D eigenvalue weighted by molar-refractivity contribution is -0.139. The van der Waals surface area contributed by atoms with E-state index in [0.29, 0.717) is 6.42 Å². The summed E-state index contributed by atoms with van der Waals surface area (Å²) in [6.45, 7) is 4.67. The van der Waals surface area contributed by atoms with Gasteiger partial charge in [-0.05, 0) is 26.2 Å². The number of hydrogen-bond acceptors (Lipinski definition) is 2. The van der Waals surface area contributed by atoms with Crippen LogP contribution in [0.1, 0.15) is 52.4 Å². The quantitative estimate of drug-likeness (QED) is 0.810. The van der Waals surface area contributed by atoms with Crippen molar-refractivity contribution >= 4 is 12.0 Å². The van der Waals surface area contributed by atoms with Crippen LogP contribution in [0.25, 0.3) is 0 Å². The zero-order valence-corrected chi connectivity index (χ0v) is 11.3. The lowest BCUT2D eigenvalue weighted by Crippen LogP contribution is -2.50. The van der Waals surface area contributed by atoms with Crippen molar-refractivity contribution in [1.29, 1.82) is 0 Å². The Balaban J connectivity index is 2.58. The third kappa shape index (κ3) is 4.20. The number of carbonyl (C=O) groups is 2. The van der Waals surface area contributed by atoms with E-state index >= 15 is 0 Å². The van der Waals surface area contributed by atoms with E-state index in [1.54, 1.807) is 4.90 Å². The van der Waals surface area contributed by atoms with Crippen LogP contribution in [0.3, 0.4) is 0 Å². The number of carboxylic acid groups (broad SMARTS) is 1. The van der Waals surface area contributed by atoms with Gasteiger partial charge in [-0.1, -0.05) is 26.2 Å². The Morgan fingerprint density at radius 3 is 2.72 bits per heavy atom. The molecule has 1 heterocycles. The van der Waals surface area contributed by atoms with Crippen LogP contribution in [0.15, 0.2) is 0 Å². The van der Waals surface area contributed by atoms with Gasteiger partial charge in [0.05, 0.1) is 0 Å². The molecule has 104 valence electrons. The van der Waals surface area contributed by atoms with Crippen LogP contribution in [0.4, 0.5) is 4.79 Å². The Hall–Kier alpha value is -1.26. The normalized spacial score (nSPS) is 22.1. The lowest BCUT2D eigenvalue weighted by atomic mass is 10.1. The summed E-state index contributed by atoms with van der Waals surface area (Å²) in [5.74, 6) is -0.951. The van der Waals surface area contributed by atoms with Crippen LogP contribution in [-0.4, -0.2) is 40.6 Å². The van der Waals surface area contributed by atoms with E-state index in [1.807, 2.05) is 13.8 Å². The maximum atomic E-state index is 12.1. The first-order valence-corrected chi connectivity index (χ1v) is 6.86. The minimum Gasteiger partial charge on any atom is -0.480 e. The predicted molar refractivity (Wildman–Crippen MR) is 69.5 cm³/mol. The van der Waals surface area contributed by atoms with Crippen LogP contribution >= 0.6 is 0 Å². The molecular formula is C13H24N2O3. The van der Waals surface area contributed by atoms with Gasteiger partial charge in [0.1, 0.15) is 6.04 Å². The SMILES string of the molecule is CCCC(NC(=O)N1CCCCCC1C)C(=O)O. The maximum Gasteiger partial charge on any atom is 0.326 e. The number of carboxylic acids is 1. The highest BCUT2D eigenvalue weighted by Crippen LogP contribution is 2.16. The highest BCUT2D eigenvalue weighted by molar-refractivity contribution is 5.82. The van der Waals surface area contributed by atoms with Gasteiger partial charge in [-0.3, -0.25) is 0 Å². The molecule has 0 radical (unpaired) electrons. The number of urea groups is 1. The molecule has 1 fully saturated rings. The molecule has 5 nitrogen and oxygen atoms in total. The molecule has 1 saturated heterocycles. The van der Waals surface area contributed by atoms with E-state index in [1.165, 1.54) is 0 Å². The zero-order chi connectivity index (χ0) is 13.5. The van der Waals surface area contributed by atoms with Crippen molar-refractivity contribution in [1.82, 2.24) is 10.2 Å². The van der Waals surface area contributed by atoms with Gasteiger partial charge in [0.15, 0.2) is 0 Å². The first-order chi connectivity index (χ1) is 8.56. The first-order valence-electron chi connectivity index (χ1n) is 6.86. The van der Waals surface area contributed by atoms with Gasteiger partial charge >= 0.3 is 12.0 Å². The Labute approximate surface area is 109 Å². The highest BCUT2D eigenvalue weighted by Gasteiger charge is 2.26. The molecule has 18 heavy (non-hydrogen) atoms. The minimum atomic E-state index is -0.951. The van der Waals surface area contributed by atoms with Crippen molar-refractivity contribution in [3.8, 4) is 0 Å². The van der Waals surface area contributed by atoms with Crippen molar-refractivity contribution in [3.05, 3.63) is 0 Å². The fourth-order valence-electron chi connectivity index (χ4n) is 2.35. The molecule has 2 N–H and O–H groups in total. The van der Waals surface area contributed by atoms with Crippen molar-refractivity contribution in [3.63, 3.8) is 0 Å².